The van der Waals surface area contributed by atoms with Crippen molar-refractivity contribution < 1.29 is 13.6 Å². The Morgan fingerprint density at radius 2 is 2.15 bits per heavy atom. The Morgan fingerprint density at radius 1 is 1.40 bits per heavy atom. The van der Waals surface area contributed by atoms with Crippen LogP contribution < -0.4 is 5.73 Å². The highest BCUT2D eigenvalue weighted by atomic mass is 19.1. The van der Waals surface area contributed by atoms with Crippen molar-refractivity contribution in [2.24, 2.45) is 11.7 Å². The van der Waals surface area contributed by atoms with Gasteiger partial charge in [-0.1, -0.05) is 12.5 Å². The van der Waals surface area contributed by atoms with Gasteiger partial charge in [0.05, 0.1) is 0 Å². The van der Waals surface area contributed by atoms with Crippen molar-refractivity contribution in [3.05, 3.63) is 35.4 Å². The van der Waals surface area contributed by atoms with Gasteiger partial charge in [0.15, 0.2) is 0 Å². The number of nitrogens with zero attached hydrogens (tertiary/aromatic N) is 1. The highest BCUT2D eigenvalue weighted by Crippen LogP contribution is 2.25. The molecule has 1 fully saturated rings. The third-order valence-corrected chi connectivity index (χ3v) is 3.86. The minimum absolute atomic E-state index is 0.0103. The van der Waals surface area contributed by atoms with E-state index in [9.17, 15) is 13.6 Å². The van der Waals surface area contributed by atoms with Crippen molar-refractivity contribution in [1.29, 1.82) is 0 Å². The van der Waals surface area contributed by atoms with Crippen molar-refractivity contribution in [3.8, 4) is 0 Å². The molecule has 0 heterocycles. The fraction of sp³-hybridized carbons (Fsp3) is 0.533. The number of rotatable bonds is 3. The van der Waals surface area contributed by atoms with E-state index in [-0.39, 0.29) is 24.4 Å². The van der Waals surface area contributed by atoms with Gasteiger partial charge in [0.25, 0.3) is 0 Å². The Hall–Kier alpha value is -1.49. The lowest BCUT2D eigenvalue weighted by Crippen LogP contribution is -2.38. The zero-order valence-corrected chi connectivity index (χ0v) is 11.6. The van der Waals surface area contributed by atoms with E-state index >= 15 is 0 Å². The Morgan fingerprint density at radius 3 is 2.80 bits per heavy atom. The van der Waals surface area contributed by atoms with Gasteiger partial charge in [-0.25, -0.2) is 8.78 Å². The topological polar surface area (TPSA) is 46.3 Å². The number of carbonyl (C=O) groups excluding carboxylic acids is 1. The molecule has 1 aliphatic carbocycles. The van der Waals surface area contributed by atoms with Crippen LogP contribution >= 0.6 is 0 Å². The van der Waals surface area contributed by atoms with E-state index in [1.54, 1.807) is 7.05 Å². The molecule has 1 aromatic carbocycles. The molecule has 1 amide bonds. The third-order valence-electron chi connectivity index (χ3n) is 3.86. The summed E-state index contributed by atoms with van der Waals surface area (Å²) < 4.78 is 26.4. The van der Waals surface area contributed by atoms with Gasteiger partial charge >= 0.3 is 0 Å². The predicted octanol–water partition coefficient (Wildman–Crippen LogP) is 2.44. The van der Waals surface area contributed by atoms with Gasteiger partial charge in [0, 0.05) is 37.2 Å². The van der Waals surface area contributed by atoms with Crippen LogP contribution in [0.3, 0.4) is 0 Å². The van der Waals surface area contributed by atoms with Crippen LogP contribution in [0.15, 0.2) is 18.2 Å². The number of benzene rings is 1. The first-order chi connectivity index (χ1) is 9.47. The maximum Gasteiger partial charge on any atom is 0.225 e. The first-order valence-corrected chi connectivity index (χ1v) is 6.92. The molecule has 0 bridgehead atoms. The monoisotopic (exact) mass is 282 g/mol. The van der Waals surface area contributed by atoms with E-state index in [1.165, 1.54) is 17.0 Å². The molecule has 2 N–H and O–H groups in total. The molecular formula is C15H20F2N2O. The number of halogens is 2. The second kappa shape index (κ2) is 6.31. The molecule has 0 aliphatic heterocycles. The van der Waals surface area contributed by atoms with E-state index in [2.05, 4.69) is 0 Å². The predicted molar refractivity (Wildman–Crippen MR) is 72.8 cm³/mol. The summed E-state index contributed by atoms with van der Waals surface area (Å²) in [6.45, 7) is 0.149. The molecule has 2 rings (SSSR count). The number of amides is 1. The molecule has 20 heavy (non-hydrogen) atoms. The molecular weight excluding hydrogens is 262 g/mol. The number of nitrogens with two attached hydrogens (primary N) is 1. The Kier molecular flexibility index (Phi) is 4.70. The maximum absolute atomic E-state index is 13.6. The van der Waals surface area contributed by atoms with Crippen LogP contribution in [0.25, 0.3) is 0 Å². The van der Waals surface area contributed by atoms with Crippen molar-refractivity contribution >= 4 is 5.91 Å². The Bertz CT molecular complexity index is 493. The zero-order valence-electron chi connectivity index (χ0n) is 11.6. The molecule has 1 aromatic rings. The lowest BCUT2D eigenvalue weighted by atomic mass is 9.85. The van der Waals surface area contributed by atoms with Crippen LogP contribution in [0, 0.1) is 17.6 Å². The van der Waals surface area contributed by atoms with Crippen molar-refractivity contribution in [3.63, 3.8) is 0 Å². The minimum atomic E-state index is -0.620. The van der Waals surface area contributed by atoms with E-state index in [0.717, 1.165) is 25.3 Å². The standard InChI is InChI=1S/C15H20F2N2O/c1-19(9-11-5-6-12(16)8-14(11)17)15(20)10-3-2-4-13(18)7-10/h5-6,8,10,13H,2-4,7,9,18H2,1H3. The second-order valence-corrected chi connectivity index (χ2v) is 5.55. The molecule has 2 unspecified atom stereocenters. The van der Waals surface area contributed by atoms with Gasteiger partial charge in [-0.2, -0.15) is 0 Å². The summed E-state index contributed by atoms with van der Waals surface area (Å²) >= 11 is 0. The van der Waals surface area contributed by atoms with E-state index in [4.69, 9.17) is 5.73 Å². The summed E-state index contributed by atoms with van der Waals surface area (Å²) in [7, 11) is 1.64. The lowest BCUT2D eigenvalue weighted by Gasteiger charge is -2.29. The van der Waals surface area contributed by atoms with E-state index in [1.807, 2.05) is 0 Å². The SMILES string of the molecule is CN(Cc1ccc(F)cc1F)C(=O)C1CCCC(N)C1. The van der Waals surface area contributed by atoms with Gasteiger partial charge in [-0.3, -0.25) is 4.79 Å². The minimum Gasteiger partial charge on any atom is -0.341 e. The van der Waals surface area contributed by atoms with Gasteiger partial charge in [-0.15, -0.1) is 0 Å². The van der Waals surface area contributed by atoms with Crippen LogP contribution in [-0.2, 0) is 11.3 Å². The van der Waals surface area contributed by atoms with Crippen LogP contribution in [-0.4, -0.2) is 23.9 Å². The van der Waals surface area contributed by atoms with Gasteiger partial charge in [0.2, 0.25) is 5.91 Å². The Labute approximate surface area is 117 Å². The van der Waals surface area contributed by atoms with Gasteiger partial charge in [-0.05, 0) is 25.3 Å². The van der Waals surface area contributed by atoms with E-state index in [0.29, 0.717) is 12.0 Å². The normalized spacial score (nSPS) is 22.6. The van der Waals surface area contributed by atoms with Crippen molar-refractivity contribution in [2.45, 2.75) is 38.3 Å². The van der Waals surface area contributed by atoms with Crippen LogP contribution in [0.1, 0.15) is 31.2 Å². The molecule has 1 saturated carbocycles. The fourth-order valence-corrected chi connectivity index (χ4v) is 2.75. The lowest BCUT2D eigenvalue weighted by molar-refractivity contribution is -0.135. The summed E-state index contributed by atoms with van der Waals surface area (Å²) in [5.74, 6) is -1.32. The first kappa shape index (κ1) is 14.9. The fourth-order valence-electron chi connectivity index (χ4n) is 2.75. The van der Waals surface area contributed by atoms with Crippen LogP contribution in [0.4, 0.5) is 8.78 Å². The summed E-state index contributed by atoms with van der Waals surface area (Å²) in [4.78, 5) is 13.8. The summed E-state index contributed by atoms with van der Waals surface area (Å²) in [6.07, 6.45) is 3.44. The largest absolute Gasteiger partial charge is 0.341 e. The molecule has 0 radical (unpaired) electrons. The summed E-state index contributed by atoms with van der Waals surface area (Å²) in [6, 6.07) is 3.49. The van der Waals surface area contributed by atoms with Crippen molar-refractivity contribution in [1.82, 2.24) is 4.90 Å². The van der Waals surface area contributed by atoms with Crippen molar-refractivity contribution in [2.75, 3.05) is 7.05 Å². The highest BCUT2D eigenvalue weighted by Gasteiger charge is 2.27. The quantitative estimate of drug-likeness (QED) is 0.925. The number of hydrogen-bond donors (Lipinski definition) is 1. The van der Waals surface area contributed by atoms with E-state index < -0.39 is 11.6 Å². The van der Waals surface area contributed by atoms with Crippen LogP contribution in [0.5, 0.6) is 0 Å². The molecule has 0 saturated heterocycles. The summed E-state index contributed by atoms with van der Waals surface area (Å²) in [5.41, 5.74) is 6.21. The molecule has 3 nitrogen and oxygen atoms in total. The molecule has 1 aliphatic rings. The average molecular weight is 282 g/mol. The number of hydrogen-bond acceptors (Lipinski definition) is 2. The maximum atomic E-state index is 13.6. The first-order valence-electron chi connectivity index (χ1n) is 6.92. The molecule has 5 heteroatoms. The highest BCUT2D eigenvalue weighted by molar-refractivity contribution is 5.78. The summed E-state index contributed by atoms with van der Waals surface area (Å²) in [5, 5.41) is 0. The smallest absolute Gasteiger partial charge is 0.225 e. The Balaban J connectivity index is 2.00. The third kappa shape index (κ3) is 3.54. The number of carbonyl (C=O) groups is 1. The molecule has 110 valence electrons. The zero-order chi connectivity index (χ0) is 14.7. The van der Waals surface area contributed by atoms with Crippen LogP contribution in [0.2, 0.25) is 0 Å². The molecule has 0 spiro atoms. The van der Waals surface area contributed by atoms with Gasteiger partial charge in [0.1, 0.15) is 11.6 Å². The molecule has 0 aromatic heterocycles. The average Bonchev–Trinajstić information content (AvgIpc) is 2.41. The second-order valence-electron chi connectivity index (χ2n) is 5.55. The van der Waals surface area contributed by atoms with Gasteiger partial charge < -0.3 is 10.6 Å². The molecule has 2 atom stereocenters.